The largest absolute Gasteiger partial charge is 0.417 e. The van der Waals surface area contributed by atoms with Crippen molar-refractivity contribution in [3.8, 4) is 11.3 Å². The van der Waals surface area contributed by atoms with Crippen LogP contribution in [0.5, 0.6) is 0 Å². The minimum absolute atomic E-state index is 0.156. The maximum Gasteiger partial charge on any atom is 0.417 e. The van der Waals surface area contributed by atoms with Crippen LogP contribution in [0.25, 0.3) is 11.3 Å². The Labute approximate surface area is 205 Å². The molecule has 11 heteroatoms. The standard InChI is InChI=1S/C25H20F4N4O2S/c1-33(20-12-10-19(26)11-13-20)16-17-6-8-18(9-7-17)23-24(31-15-14-30-23)32-36(34,35)22-5-3-2-4-21(22)25(27,28)29/h2-15H,16H2,1H3,(H,31,32). The molecule has 0 saturated heterocycles. The maximum atomic E-state index is 13.4. The van der Waals surface area contributed by atoms with E-state index in [1.165, 1.54) is 30.6 Å². The van der Waals surface area contributed by atoms with E-state index >= 15 is 0 Å². The van der Waals surface area contributed by atoms with Gasteiger partial charge in [0.05, 0.1) is 10.5 Å². The summed E-state index contributed by atoms with van der Waals surface area (Å²) < 4.78 is 81.2. The monoisotopic (exact) mass is 516 g/mol. The lowest BCUT2D eigenvalue weighted by Crippen LogP contribution is -2.20. The van der Waals surface area contributed by atoms with Crippen molar-refractivity contribution in [2.45, 2.75) is 17.6 Å². The van der Waals surface area contributed by atoms with Crippen LogP contribution in [0.3, 0.4) is 0 Å². The number of hydrogen-bond acceptors (Lipinski definition) is 5. The molecule has 1 N–H and O–H groups in total. The molecule has 186 valence electrons. The molecule has 0 bridgehead atoms. The smallest absolute Gasteiger partial charge is 0.370 e. The van der Waals surface area contributed by atoms with Crippen LogP contribution in [-0.2, 0) is 22.7 Å². The number of nitrogens with zero attached hydrogens (tertiary/aromatic N) is 3. The third-order valence-corrected chi connectivity index (χ3v) is 6.72. The normalized spacial score (nSPS) is 11.8. The van der Waals surface area contributed by atoms with Gasteiger partial charge in [0.1, 0.15) is 11.5 Å². The Balaban J connectivity index is 1.58. The quantitative estimate of drug-likeness (QED) is 0.317. The number of hydrogen-bond donors (Lipinski definition) is 1. The summed E-state index contributed by atoms with van der Waals surface area (Å²) in [5.41, 5.74) is 1.13. The van der Waals surface area contributed by atoms with Crippen molar-refractivity contribution in [2.24, 2.45) is 0 Å². The highest BCUT2D eigenvalue weighted by Crippen LogP contribution is 2.35. The van der Waals surface area contributed by atoms with Crippen LogP contribution < -0.4 is 9.62 Å². The summed E-state index contributed by atoms with van der Waals surface area (Å²) in [6, 6.07) is 17.0. The van der Waals surface area contributed by atoms with Gasteiger partial charge in [0, 0.05) is 37.2 Å². The van der Waals surface area contributed by atoms with E-state index in [1.807, 2.05) is 11.9 Å². The first-order valence-corrected chi connectivity index (χ1v) is 12.1. The van der Waals surface area contributed by atoms with Gasteiger partial charge in [-0.2, -0.15) is 13.2 Å². The van der Waals surface area contributed by atoms with Gasteiger partial charge in [0.25, 0.3) is 10.0 Å². The zero-order valence-corrected chi connectivity index (χ0v) is 19.7. The number of anilines is 2. The first-order valence-electron chi connectivity index (χ1n) is 10.6. The van der Waals surface area contributed by atoms with Crippen LogP contribution in [0.4, 0.5) is 29.1 Å². The van der Waals surface area contributed by atoms with Gasteiger partial charge in [0.2, 0.25) is 0 Å². The number of rotatable bonds is 7. The van der Waals surface area contributed by atoms with E-state index in [2.05, 4.69) is 14.7 Å². The predicted octanol–water partition coefficient (Wildman–Crippen LogP) is 5.74. The summed E-state index contributed by atoms with van der Waals surface area (Å²) in [5.74, 6) is -0.528. The van der Waals surface area contributed by atoms with E-state index in [1.54, 1.807) is 36.4 Å². The third kappa shape index (κ3) is 5.62. The number of nitrogens with one attached hydrogen (secondary N) is 1. The topological polar surface area (TPSA) is 75.2 Å². The van der Waals surface area contributed by atoms with Crippen molar-refractivity contribution < 1.29 is 26.0 Å². The summed E-state index contributed by atoms with van der Waals surface area (Å²) in [6.45, 7) is 0.514. The molecule has 0 spiro atoms. The predicted molar refractivity (Wildman–Crippen MR) is 128 cm³/mol. The van der Waals surface area contributed by atoms with Crippen LogP contribution in [-0.4, -0.2) is 25.4 Å². The number of alkyl halides is 3. The van der Waals surface area contributed by atoms with E-state index in [9.17, 15) is 26.0 Å². The molecule has 0 aliphatic heterocycles. The summed E-state index contributed by atoms with van der Waals surface area (Å²) >= 11 is 0. The first kappa shape index (κ1) is 25.1. The Morgan fingerprint density at radius 1 is 0.889 bits per heavy atom. The molecular formula is C25H20F4N4O2S. The van der Waals surface area contributed by atoms with Gasteiger partial charge in [-0.25, -0.2) is 17.8 Å². The maximum absolute atomic E-state index is 13.4. The van der Waals surface area contributed by atoms with Crippen molar-refractivity contribution in [1.82, 2.24) is 9.97 Å². The average Bonchev–Trinajstić information content (AvgIpc) is 2.85. The lowest BCUT2D eigenvalue weighted by Gasteiger charge is -2.19. The molecule has 1 heterocycles. The van der Waals surface area contributed by atoms with Crippen LogP contribution in [0.2, 0.25) is 0 Å². The van der Waals surface area contributed by atoms with Crippen LogP contribution in [0, 0.1) is 5.82 Å². The van der Waals surface area contributed by atoms with Crippen LogP contribution >= 0.6 is 0 Å². The molecule has 4 rings (SSSR count). The van der Waals surface area contributed by atoms with Gasteiger partial charge in [-0.05, 0) is 42.0 Å². The summed E-state index contributed by atoms with van der Waals surface area (Å²) in [4.78, 5) is 9.21. The molecule has 1 aromatic heterocycles. The van der Waals surface area contributed by atoms with Crippen molar-refractivity contribution in [1.29, 1.82) is 0 Å². The van der Waals surface area contributed by atoms with E-state index in [0.717, 1.165) is 23.4 Å². The fourth-order valence-corrected chi connectivity index (χ4v) is 4.82. The van der Waals surface area contributed by atoms with E-state index in [4.69, 9.17) is 0 Å². The highest BCUT2D eigenvalue weighted by Gasteiger charge is 2.37. The van der Waals surface area contributed by atoms with Gasteiger partial charge in [0.15, 0.2) is 5.82 Å². The van der Waals surface area contributed by atoms with Gasteiger partial charge in [-0.3, -0.25) is 9.71 Å². The molecule has 0 aliphatic carbocycles. The SMILES string of the molecule is CN(Cc1ccc(-c2nccnc2NS(=O)(=O)c2ccccc2C(F)(F)F)cc1)c1ccc(F)cc1. The second-order valence-corrected chi connectivity index (χ2v) is 9.53. The van der Waals surface area contributed by atoms with Gasteiger partial charge in [-0.15, -0.1) is 0 Å². The van der Waals surface area contributed by atoms with Gasteiger partial charge >= 0.3 is 6.18 Å². The molecule has 4 aromatic rings. The first-order chi connectivity index (χ1) is 17.0. The fraction of sp³-hybridized carbons (Fsp3) is 0.120. The molecule has 0 aliphatic rings. The zero-order valence-electron chi connectivity index (χ0n) is 18.9. The van der Waals surface area contributed by atoms with Gasteiger partial charge < -0.3 is 4.90 Å². The number of aromatic nitrogens is 2. The summed E-state index contributed by atoms with van der Waals surface area (Å²) in [6.07, 6.45) is -2.26. The van der Waals surface area contributed by atoms with E-state index in [-0.39, 0.29) is 17.3 Å². The van der Waals surface area contributed by atoms with Gasteiger partial charge in [-0.1, -0.05) is 36.4 Å². The number of halogens is 4. The number of sulfonamides is 1. The molecule has 0 unspecified atom stereocenters. The molecule has 3 aromatic carbocycles. The third-order valence-electron chi connectivity index (χ3n) is 5.33. The summed E-state index contributed by atoms with van der Waals surface area (Å²) in [5, 5.41) is 0. The lowest BCUT2D eigenvalue weighted by atomic mass is 10.1. The summed E-state index contributed by atoms with van der Waals surface area (Å²) in [7, 11) is -2.76. The second-order valence-electron chi connectivity index (χ2n) is 7.88. The second kappa shape index (κ2) is 9.94. The molecule has 0 fully saturated rings. The Kier molecular flexibility index (Phi) is 6.93. The van der Waals surface area contributed by atoms with Crippen molar-refractivity contribution in [3.05, 3.63) is 102 Å². The molecule has 6 nitrogen and oxygen atoms in total. The Bertz CT molecular complexity index is 1460. The molecule has 0 radical (unpaired) electrons. The van der Waals surface area contributed by atoms with Crippen molar-refractivity contribution >= 4 is 21.5 Å². The van der Waals surface area contributed by atoms with Crippen molar-refractivity contribution in [3.63, 3.8) is 0 Å². The lowest BCUT2D eigenvalue weighted by molar-refractivity contribution is -0.139. The number of benzene rings is 3. The minimum Gasteiger partial charge on any atom is -0.370 e. The van der Waals surface area contributed by atoms with E-state index < -0.39 is 26.7 Å². The highest BCUT2D eigenvalue weighted by molar-refractivity contribution is 7.92. The zero-order chi connectivity index (χ0) is 25.9. The molecule has 0 saturated carbocycles. The molecule has 0 atom stereocenters. The van der Waals surface area contributed by atoms with Crippen molar-refractivity contribution in [2.75, 3.05) is 16.7 Å². The van der Waals surface area contributed by atoms with E-state index in [0.29, 0.717) is 18.2 Å². The Hall–Kier alpha value is -3.99. The average molecular weight is 517 g/mol. The molecule has 0 amide bonds. The minimum atomic E-state index is -4.85. The molecule has 36 heavy (non-hydrogen) atoms. The fourth-order valence-electron chi connectivity index (χ4n) is 3.57. The van der Waals surface area contributed by atoms with Crippen LogP contribution in [0.15, 0.2) is 90.1 Å². The Morgan fingerprint density at radius 2 is 1.53 bits per heavy atom. The highest BCUT2D eigenvalue weighted by atomic mass is 32.2. The Morgan fingerprint density at radius 3 is 2.19 bits per heavy atom. The van der Waals surface area contributed by atoms with Crippen LogP contribution in [0.1, 0.15) is 11.1 Å². The molecular weight excluding hydrogens is 496 g/mol.